The smallest absolute Gasteiger partial charge is 0.379 e. The van der Waals surface area contributed by atoms with Gasteiger partial charge in [0.25, 0.3) is 5.56 Å². The number of hydrogen-bond acceptors (Lipinski definition) is 6. The molecule has 0 bridgehead atoms. The number of piperidine rings is 1. The van der Waals surface area contributed by atoms with Crippen LogP contribution in [0.5, 0.6) is 5.88 Å². The molecule has 0 saturated carbocycles. The van der Waals surface area contributed by atoms with E-state index in [-0.39, 0.29) is 23.1 Å². The largest absolute Gasteiger partial charge is 0.479 e. The second kappa shape index (κ2) is 7.40. The lowest BCUT2D eigenvalue weighted by atomic mass is 10.1. The minimum Gasteiger partial charge on any atom is -0.479 e. The lowest BCUT2D eigenvalue weighted by molar-refractivity contribution is -0.120. The number of ether oxygens (including phenoxy) is 1. The van der Waals surface area contributed by atoms with E-state index in [4.69, 9.17) is 9.57 Å². The maximum absolute atomic E-state index is 12.2. The number of rotatable bonds is 5. The zero-order valence-electron chi connectivity index (χ0n) is 13.3. The van der Waals surface area contributed by atoms with Crippen LogP contribution in [0, 0.1) is 5.92 Å². The zero-order valence-corrected chi connectivity index (χ0v) is 13.3. The van der Waals surface area contributed by atoms with Gasteiger partial charge in [0.15, 0.2) is 5.69 Å². The van der Waals surface area contributed by atoms with Gasteiger partial charge in [-0.3, -0.25) is 4.79 Å². The molecule has 0 unspecified atom stereocenters. The Bertz CT molecular complexity index is 577. The van der Waals surface area contributed by atoms with Crippen molar-refractivity contribution in [3.63, 3.8) is 0 Å². The van der Waals surface area contributed by atoms with Crippen LogP contribution in [0.25, 0.3) is 0 Å². The molecule has 1 aromatic rings. The predicted molar refractivity (Wildman–Crippen MR) is 80.8 cm³/mol. The van der Waals surface area contributed by atoms with Gasteiger partial charge < -0.3 is 14.6 Å². The molecule has 0 aliphatic carbocycles. The van der Waals surface area contributed by atoms with Crippen LogP contribution in [0.3, 0.4) is 0 Å². The Kier molecular flexibility index (Phi) is 5.54. The number of H-pyrrole nitrogens is 1. The standard InChI is InChI=1S/C15H23N3O4/c1-10(2)9-11-13(19)17-12(14(16-11)21-3)15(20)22-18-7-5-4-6-8-18/h10H,4-9H2,1-3H3,(H,17,19). The normalized spacial score (nSPS) is 15.8. The van der Waals surface area contributed by atoms with E-state index in [2.05, 4.69) is 9.97 Å². The Morgan fingerprint density at radius 3 is 2.59 bits per heavy atom. The average molecular weight is 309 g/mol. The van der Waals surface area contributed by atoms with Gasteiger partial charge in [-0.25, -0.2) is 9.78 Å². The highest BCUT2D eigenvalue weighted by Crippen LogP contribution is 2.16. The Morgan fingerprint density at radius 1 is 1.32 bits per heavy atom. The van der Waals surface area contributed by atoms with Crippen molar-refractivity contribution in [2.45, 2.75) is 39.5 Å². The molecule has 7 nitrogen and oxygen atoms in total. The van der Waals surface area contributed by atoms with Crippen LogP contribution in [-0.4, -0.2) is 41.2 Å². The topological polar surface area (TPSA) is 84.5 Å². The van der Waals surface area contributed by atoms with E-state index >= 15 is 0 Å². The number of aromatic amines is 1. The summed E-state index contributed by atoms with van der Waals surface area (Å²) in [6.45, 7) is 5.40. The molecule has 0 aromatic carbocycles. The summed E-state index contributed by atoms with van der Waals surface area (Å²) in [6, 6.07) is 0. The van der Waals surface area contributed by atoms with Crippen molar-refractivity contribution in [1.29, 1.82) is 0 Å². The van der Waals surface area contributed by atoms with Crippen LogP contribution in [0.2, 0.25) is 0 Å². The van der Waals surface area contributed by atoms with E-state index in [1.165, 1.54) is 7.11 Å². The number of hydroxylamine groups is 2. The van der Waals surface area contributed by atoms with Crippen molar-refractivity contribution in [3.05, 3.63) is 21.7 Å². The number of carbonyl (C=O) groups is 1. The summed E-state index contributed by atoms with van der Waals surface area (Å²) in [5.41, 5.74) is -0.0490. The van der Waals surface area contributed by atoms with E-state index in [0.29, 0.717) is 25.2 Å². The lowest BCUT2D eigenvalue weighted by Gasteiger charge is -2.24. The molecule has 0 radical (unpaired) electrons. The van der Waals surface area contributed by atoms with Crippen molar-refractivity contribution in [2.24, 2.45) is 5.92 Å². The second-order valence-corrected chi connectivity index (χ2v) is 5.86. The van der Waals surface area contributed by atoms with Crippen LogP contribution >= 0.6 is 0 Å². The fraction of sp³-hybridized carbons (Fsp3) is 0.667. The molecule has 1 aliphatic rings. The van der Waals surface area contributed by atoms with Gasteiger partial charge >= 0.3 is 5.97 Å². The highest BCUT2D eigenvalue weighted by atomic mass is 16.7. The van der Waals surface area contributed by atoms with Crippen LogP contribution < -0.4 is 10.3 Å². The first kappa shape index (κ1) is 16.5. The molecule has 0 spiro atoms. The fourth-order valence-electron chi connectivity index (χ4n) is 2.40. The molecule has 1 aromatic heterocycles. The molecular weight excluding hydrogens is 286 g/mol. The number of aromatic nitrogens is 2. The molecule has 1 aliphatic heterocycles. The summed E-state index contributed by atoms with van der Waals surface area (Å²) in [5, 5.41) is 1.62. The molecular formula is C15H23N3O4. The third-order valence-corrected chi connectivity index (χ3v) is 3.48. The molecule has 2 rings (SSSR count). The van der Waals surface area contributed by atoms with Crippen LogP contribution in [-0.2, 0) is 11.3 Å². The van der Waals surface area contributed by atoms with Crippen LogP contribution in [0.1, 0.15) is 49.3 Å². The van der Waals surface area contributed by atoms with Gasteiger partial charge in [-0.15, -0.1) is 5.06 Å². The molecule has 0 amide bonds. The number of methoxy groups -OCH3 is 1. The number of carbonyl (C=O) groups excluding carboxylic acids is 1. The number of nitrogens with zero attached hydrogens (tertiary/aromatic N) is 2. The first-order chi connectivity index (χ1) is 10.5. The average Bonchev–Trinajstić information content (AvgIpc) is 2.49. The van der Waals surface area contributed by atoms with Crippen LogP contribution in [0.4, 0.5) is 0 Å². The van der Waals surface area contributed by atoms with Gasteiger partial charge in [-0.05, 0) is 25.2 Å². The van der Waals surface area contributed by atoms with Gasteiger partial charge in [0.2, 0.25) is 5.88 Å². The molecule has 1 saturated heterocycles. The maximum atomic E-state index is 12.2. The predicted octanol–water partition coefficient (Wildman–Crippen LogP) is 1.53. The third kappa shape index (κ3) is 4.07. The summed E-state index contributed by atoms with van der Waals surface area (Å²) in [5.74, 6) is -0.263. The summed E-state index contributed by atoms with van der Waals surface area (Å²) in [7, 11) is 1.41. The first-order valence-electron chi connectivity index (χ1n) is 7.65. The summed E-state index contributed by atoms with van der Waals surface area (Å²) < 4.78 is 5.13. The van der Waals surface area contributed by atoms with Crippen molar-refractivity contribution in [3.8, 4) is 5.88 Å². The molecule has 1 fully saturated rings. The van der Waals surface area contributed by atoms with Crippen LogP contribution in [0.15, 0.2) is 4.79 Å². The summed E-state index contributed by atoms with van der Waals surface area (Å²) >= 11 is 0. The minimum absolute atomic E-state index is 0.0365. The Morgan fingerprint density at radius 2 is 2.00 bits per heavy atom. The molecule has 0 atom stereocenters. The van der Waals surface area contributed by atoms with E-state index in [1.54, 1.807) is 5.06 Å². The van der Waals surface area contributed by atoms with E-state index in [1.807, 2.05) is 13.8 Å². The van der Waals surface area contributed by atoms with Gasteiger partial charge in [0, 0.05) is 13.1 Å². The molecule has 122 valence electrons. The molecule has 7 heteroatoms. The highest BCUT2D eigenvalue weighted by Gasteiger charge is 2.23. The quantitative estimate of drug-likeness (QED) is 0.888. The molecule has 2 heterocycles. The first-order valence-corrected chi connectivity index (χ1v) is 7.65. The number of nitrogens with one attached hydrogen (secondary N) is 1. The van der Waals surface area contributed by atoms with E-state index in [0.717, 1.165) is 19.3 Å². The van der Waals surface area contributed by atoms with Gasteiger partial charge in [0.1, 0.15) is 5.69 Å². The highest BCUT2D eigenvalue weighted by molar-refractivity contribution is 5.89. The Labute approximate surface area is 129 Å². The van der Waals surface area contributed by atoms with Gasteiger partial charge in [-0.2, -0.15) is 0 Å². The Hall–Kier alpha value is -1.89. The fourth-order valence-corrected chi connectivity index (χ4v) is 2.40. The summed E-state index contributed by atoms with van der Waals surface area (Å²) in [4.78, 5) is 36.3. The van der Waals surface area contributed by atoms with Gasteiger partial charge in [-0.1, -0.05) is 20.3 Å². The molecule has 1 N–H and O–H groups in total. The van der Waals surface area contributed by atoms with E-state index < -0.39 is 5.97 Å². The third-order valence-electron chi connectivity index (χ3n) is 3.48. The number of hydrogen-bond donors (Lipinski definition) is 1. The second-order valence-electron chi connectivity index (χ2n) is 5.86. The maximum Gasteiger partial charge on any atom is 0.379 e. The van der Waals surface area contributed by atoms with Crippen molar-refractivity contribution in [2.75, 3.05) is 20.2 Å². The van der Waals surface area contributed by atoms with E-state index in [9.17, 15) is 9.59 Å². The molecule has 22 heavy (non-hydrogen) atoms. The minimum atomic E-state index is -0.639. The monoisotopic (exact) mass is 309 g/mol. The Balaban J connectivity index is 2.20. The van der Waals surface area contributed by atoms with Crippen molar-refractivity contribution >= 4 is 5.97 Å². The van der Waals surface area contributed by atoms with Gasteiger partial charge in [0.05, 0.1) is 7.11 Å². The SMILES string of the molecule is COc1nc(CC(C)C)c(=O)[nH]c1C(=O)ON1CCCCC1. The lowest BCUT2D eigenvalue weighted by Crippen LogP contribution is -2.33. The van der Waals surface area contributed by atoms with Crippen molar-refractivity contribution < 1.29 is 14.4 Å². The summed E-state index contributed by atoms with van der Waals surface area (Å²) in [6.07, 6.45) is 3.64. The van der Waals surface area contributed by atoms with Crippen molar-refractivity contribution in [1.82, 2.24) is 15.0 Å². The zero-order chi connectivity index (χ0) is 16.1.